The van der Waals surface area contributed by atoms with Crippen LogP contribution in [0.4, 0.5) is 0 Å². The van der Waals surface area contributed by atoms with E-state index >= 15 is 0 Å². The van der Waals surface area contributed by atoms with E-state index in [9.17, 15) is 4.79 Å². The van der Waals surface area contributed by atoms with Crippen molar-refractivity contribution in [3.63, 3.8) is 0 Å². The van der Waals surface area contributed by atoms with Crippen molar-refractivity contribution in [2.45, 2.75) is 12.5 Å². The van der Waals surface area contributed by atoms with E-state index in [4.69, 9.17) is 4.74 Å². The molecule has 2 rings (SSSR count). The zero-order valence-corrected chi connectivity index (χ0v) is 7.01. The van der Waals surface area contributed by atoms with Gasteiger partial charge in [-0.1, -0.05) is 30.3 Å². The molecule has 1 aromatic rings. The fraction of sp³-hybridized carbons (Fsp3) is 0.200. The van der Waals surface area contributed by atoms with Crippen molar-refractivity contribution in [1.82, 2.24) is 0 Å². The Hall–Kier alpha value is -1.64. The van der Waals surface area contributed by atoms with Gasteiger partial charge in [-0.15, -0.1) is 0 Å². The van der Waals surface area contributed by atoms with E-state index in [0.717, 1.165) is 5.56 Å². The van der Waals surface area contributed by atoms with Gasteiger partial charge in [0.25, 0.3) is 5.91 Å². The van der Waals surface area contributed by atoms with Crippen LogP contribution in [0, 0.1) is 0 Å². The number of carbonyl (C=O) groups is 1. The molecule has 0 aromatic heterocycles. The number of nitrogens with zero attached hydrogens (tertiary/aromatic N) is 1. The van der Waals surface area contributed by atoms with Crippen LogP contribution in [0.1, 0.15) is 5.56 Å². The molecule has 0 radical (unpaired) electrons. The van der Waals surface area contributed by atoms with E-state index in [2.05, 4.69) is 4.99 Å². The van der Waals surface area contributed by atoms with Gasteiger partial charge in [0.05, 0.1) is 0 Å². The number of carbonyl (C=O) groups excluding carboxylic acids is 1. The lowest BCUT2D eigenvalue weighted by atomic mass is 10.1. The Morgan fingerprint density at radius 1 is 1.31 bits per heavy atom. The zero-order chi connectivity index (χ0) is 9.10. The number of benzene rings is 1. The molecule has 0 saturated carbocycles. The molecule has 3 heteroatoms. The molecule has 1 aromatic carbocycles. The summed E-state index contributed by atoms with van der Waals surface area (Å²) < 4.78 is 5.03. The summed E-state index contributed by atoms with van der Waals surface area (Å²) in [6.45, 7) is 0. The summed E-state index contributed by atoms with van der Waals surface area (Å²) >= 11 is 0. The summed E-state index contributed by atoms with van der Waals surface area (Å²) in [5.41, 5.74) is 1.09. The molecular formula is C10H9NO2. The molecule has 1 atom stereocenters. The normalized spacial score (nSPS) is 20.3. The topological polar surface area (TPSA) is 38.7 Å². The smallest absolute Gasteiger partial charge is 0.289 e. The van der Waals surface area contributed by atoms with E-state index < -0.39 is 6.10 Å². The minimum absolute atomic E-state index is 0.191. The van der Waals surface area contributed by atoms with Crippen LogP contribution < -0.4 is 0 Å². The first-order valence-corrected chi connectivity index (χ1v) is 4.12. The Kier molecular flexibility index (Phi) is 2.08. The summed E-state index contributed by atoms with van der Waals surface area (Å²) in [5, 5.41) is 0. The van der Waals surface area contributed by atoms with Crippen molar-refractivity contribution in [1.29, 1.82) is 0 Å². The first kappa shape index (κ1) is 7.98. The van der Waals surface area contributed by atoms with Crippen LogP contribution in [0.5, 0.6) is 0 Å². The maximum absolute atomic E-state index is 11.1. The molecule has 0 N–H and O–H groups in total. The lowest BCUT2D eigenvalue weighted by Gasteiger charge is -2.06. The molecule has 0 aliphatic carbocycles. The van der Waals surface area contributed by atoms with Crippen molar-refractivity contribution < 1.29 is 9.53 Å². The third-order valence-electron chi connectivity index (χ3n) is 1.94. The third-order valence-corrected chi connectivity index (χ3v) is 1.94. The fourth-order valence-electron chi connectivity index (χ4n) is 1.26. The molecular weight excluding hydrogens is 166 g/mol. The maximum atomic E-state index is 11.1. The van der Waals surface area contributed by atoms with Crippen LogP contribution in [-0.2, 0) is 16.0 Å². The second-order valence-corrected chi connectivity index (χ2v) is 2.89. The third kappa shape index (κ3) is 1.75. The lowest BCUT2D eigenvalue weighted by Crippen LogP contribution is -2.18. The zero-order valence-electron chi connectivity index (χ0n) is 7.01. The summed E-state index contributed by atoms with van der Waals surface area (Å²) in [5.74, 6) is -0.191. The van der Waals surface area contributed by atoms with Crippen LogP contribution in [0.2, 0.25) is 0 Å². The van der Waals surface area contributed by atoms with E-state index in [1.54, 1.807) is 0 Å². The van der Waals surface area contributed by atoms with Crippen molar-refractivity contribution >= 4 is 12.3 Å². The Morgan fingerprint density at radius 3 is 2.69 bits per heavy atom. The highest BCUT2D eigenvalue weighted by Crippen LogP contribution is 2.09. The van der Waals surface area contributed by atoms with Gasteiger partial charge in [-0.25, -0.2) is 0 Å². The van der Waals surface area contributed by atoms with E-state index in [1.807, 2.05) is 30.3 Å². The summed E-state index contributed by atoms with van der Waals surface area (Å²) in [6, 6.07) is 9.76. The van der Waals surface area contributed by atoms with Crippen LogP contribution in [0.3, 0.4) is 0 Å². The van der Waals surface area contributed by atoms with E-state index in [-0.39, 0.29) is 5.91 Å². The fourth-order valence-corrected chi connectivity index (χ4v) is 1.26. The molecule has 0 fully saturated rings. The van der Waals surface area contributed by atoms with Gasteiger partial charge in [0.1, 0.15) is 0 Å². The van der Waals surface area contributed by atoms with Gasteiger partial charge in [0.15, 0.2) is 12.5 Å². The minimum atomic E-state index is -0.414. The molecule has 66 valence electrons. The SMILES string of the molecule is O=C1N=COC1Cc1ccccc1. The first-order valence-electron chi connectivity index (χ1n) is 4.12. The summed E-state index contributed by atoms with van der Waals surface area (Å²) in [7, 11) is 0. The van der Waals surface area contributed by atoms with E-state index in [1.165, 1.54) is 6.40 Å². The molecule has 0 bridgehead atoms. The molecule has 1 amide bonds. The lowest BCUT2D eigenvalue weighted by molar-refractivity contribution is -0.122. The Labute approximate surface area is 76.1 Å². The Bertz CT molecular complexity index is 332. The highest BCUT2D eigenvalue weighted by atomic mass is 16.5. The number of hydrogen-bond donors (Lipinski definition) is 0. The average molecular weight is 175 g/mol. The van der Waals surface area contributed by atoms with Crippen LogP contribution in [-0.4, -0.2) is 18.4 Å². The highest BCUT2D eigenvalue weighted by molar-refractivity contribution is 5.91. The van der Waals surface area contributed by atoms with Gasteiger partial charge in [-0.3, -0.25) is 4.79 Å². The Balaban J connectivity index is 2.03. The van der Waals surface area contributed by atoms with Crippen molar-refractivity contribution in [2.75, 3.05) is 0 Å². The molecule has 1 aliphatic heterocycles. The molecule has 1 unspecified atom stereocenters. The molecule has 1 heterocycles. The quantitative estimate of drug-likeness (QED) is 0.677. The molecule has 13 heavy (non-hydrogen) atoms. The summed E-state index contributed by atoms with van der Waals surface area (Å²) in [4.78, 5) is 14.6. The number of ether oxygens (including phenoxy) is 1. The predicted octanol–water partition coefficient (Wildman–Crippen LogP) is 1.18. The largest absolute Gasteiger partial charge is 0.470 e. The van der Waals surface area contributed by atoms with Crippen molar-refractivity contribution in [3.05, 3.63) is 35.9 Å². The average Bonchev–Trinajstić information content (AvgIpc) is 2.54. The van der Waals surface area contributed by atoms with Crippen LogP contribution in [0.15, 0.2) is 35.3 Å². The monoisotopic (exact) mass is 175 g/mol. The number of aliphatic imine (C=N–C) groups is 1. The van der Waals surface area contributed by atoms with Gasteiger partial charge >= 0.3 is 0 Å². The van der Waals surface area contributed by atoms with Crippen molar-refractivity contribution in [2.24, 2.45) is 4.99 Å². The number of rotatable bonds is 2. The standard InChI is InChI=1S/C10H9NO2/c12-10-9(13-7-11-10)6-8-4-2-1-3-5-8/h1-5,7,9H,6H2. The summed E-state index contributed by atoms with van der Waals surface area (Å²) in [6.07, 6.45) is 1.40. The maximum Gasteiger partial charge on any atom is 0.289 e. The van der Waals surface area contributed by atoms with Crippen LogP contribution in [0.25, 0.3) is 0 Å². The molecule has 0 saturated heterocycles. The minimum Gasteiger partial charge on any atom is -0.470 e. The second-order valence-electron chi connectivity index (χ2n) is 2.89. The van der Waals surface area contributed by atoms with Gasteiger partial charge < -0.3 is 4.74 Å². The van der Waals surface area contributed by atoms with E-state index in [0.29, 0.717) is 6.42 Å². The van der Waals surface area contributed by atoms with Gasteiger partial charge in [0.2, 0.25) is 0 Å². The number of hydrogen-bond acceptors (Lipinski definition) is 2. The molecule has 1 aliphatic rings. The second kappa shape index (κ2) is 3.39. The first-order chi connectivity index (χ1) is 6.36. The van der Waals surface area contributed by atoms with Gasteiger partial charge in [0, 0.05) is 6.42 Å². The Morgan fingerprint density at radius 2 is 2.08 bits per heavy atom. The van der Waals surface area contributed by atoms with Gasteiger partial charge in [-0.2, -0.15) is 4.99 Å². The molecule has 0 spiro atoms. The number of amides is 1. The van der Waals surface area contributed by atoms with Crippen molar-refractivity contribution in [3.8, 4) is 0 Å². The predicted molar refractivity (Wildman–Crippen MR) is 48.5 cm³/mol. The van der Waals surface area contributed by atoms with Gasteiger partial charge in [-0.05, 0) is 5.56 Å². The highest BCUT2D eigenvalue weighted by Gasteiger charge is 2.22. The molecule has 3 nitrogen and oxygen atoms in total. The van der Waals surface area contributed by atoms with Crippen LogP contribution >= 0.6 is 0 Å².